The maximum Gasteiger partial charge on any atom is 0.237 e. The van der Waals surface area contributed by atoms with E-state index in [0.717, 1.165) is 25.9 Å². The number of nitrogens with zero attached hydrogens (tertiary/aromatic N) is 1. The second kappa shape index (κ2) is 6.00. The number of methoxy groups -OCH3 is 1. The largest absolute Gasteiger partial charge is 0.383 e. The Bertz CT molecular complexity index is 283. The van der Waals surface area contributed by atoms with Gasteiger partial charge in [0.25, 0.3) is 0 Å². The van der Waals surface area contributed by atoms with Crippen LogP contribution in [-0.2, 0) is 14.3 Å². The molecule has 1 aliphatic rings. The molecule has 0 aromatic carbocycles. The molecule has 0 radical (unpaired) electrons. The van der Waals surface area contributed by atoms with Crippen molar-refractivity contribution in [3.05, 3.63) is 0 Å². The predicted molar refractivity (Wildman–Crippen MR) is 64.5 cm³/mol. The number of rotatable bonds is 5. The van der Waals surface area contributed by atoms with E-state index in [1.807, 2.05) is 0 Å². The first-order valence-electron chi connectivity index (χ1n) is 6.06. The zero-order chi connectivity index (χ0) is 12.9. The number of hydrogen-bond acceptors (Lipinski definition) is 3. The summed E-state index contributed by atoms with van der Waals surface area (Å²) in [6.45, 7) is 5.79. The Kier molecular flexibility index (Phi) is 4.93. The average molecular weight is 242 g/mol. The zero-order valence-electron chi connectivity index (χ0n) is 10.9. The third-order valence-electron chi connectivity index (χ3n) is 3.09. The molecule has 0 aliphatic carbocycles. The average Bonchev–Trinajstić information content (AvgIpc) is 2.81. The first kappa shape index (κ1) is 14.0. The highest BCUT2D eigenvalue weighted by Gasteiger charge is 2.39. The van der Waals surface area contributed by atoms with E-state index in [4.69, 9.17) is 4.74 Å². The van der Waals surface area contributed by atoms with Crippen LogP contribution >= 0.6 is 0 Å². The summed E-state index contributed by atoms with van der Waals surface area (Å²) in [4.78, 5) is 25.9. The lowest BCUT2D eigenvalue weighted by molar-refractivity contribution is -0.147. The van der Waals surface area contributed by atoms with Gasteiger partial charge < -0.3 is 15.0 Å². The van der Waals surface area contributed by atoms with Gasteiger partial charge in [-0.2, -0.15) is 0 Å². The van der Waals surface area contributed by atoms with Crippen molar-refractivity contribution in [1.29, 1.82) is 0 Å². The Labute approximate surface area is 102 Å². The fourth-order valence-electron chi connectivity index (χ4n) is 1.90. The van der Waals surface area contributed by atoms with Crippen molar-refractivity contribution < 1.29 is 14.3 Å². The van der Waals surface area contributed by atoms with Crippen molar-refractivity contribution >= 4 is 11.8 Å². The zero-order valence-corrected chi connectivity index (χ0v) is 10.9. The van der Waals surface area contributed by atoms with Gasteiger partial charge in [-0.15, -0.1) is 0 Å². The molecule has 17 heavy (non-hydrogen) atoms. The summed E-state index contributed by atoms with van der Waals surface area (Å²) >= 11 is 0. The van der Waals surface area contributed by atoms with Crippen LogP contribution in [0.25, 0.3) is 0 Å². The van der Waals surface area contributed by atoms with E-state index in [2.05, 4.69) is 5.32 Å². The molecule has 98 valence electrons. The topological polar surface area (TPSA) is 58.6 Å². The van der Waals surface area contributed by atoms with Gasteiger partial charge in [0, 0.05) is 26.7 Å². The summed E-state index contributed by atoms with van der Waals surface area (Å²) in [6.07, 6.45) is 2.07. The quantitative estimate of drug-likeness (QED) is 0.561. The highest BCUT2D eigenvalue weighted by atomic mass is 16.5. The lowest BCUT2D eigenvalue weighted by atomic mass is 9.90. The predicted octanol–water partition coefficient (Wildman–Crippen LogP) is 0.398. The number of hydrogen-bond donors (Lipinski definition) is 1. The van der Waals surface area contributed by atoms with Crippen molar-refractivity contribution in [3.8, 4) is 0 Å². The lowest BCUT2D eigenvalue weighted by Gasteiger charge is -2.27. The summed E-state index contributed by atoms with van der Waals surface area (Å²) in [5, 5.41) is 2.72. The van der Waals surface area contributed by atoms with Crippen LogP contribution in [0.15, 0.2) is 0 Å². The van der Waals surface area contributed by atoms with Crippen LogP contribution in [0.4, 0.5) is 0 Å². The lowest BCUT2D eigenvalue weighted by Crippen LogP contribution is -2.49. The number of likely N-dealkylation sites (tertiary alicyclic amines) is 1. The third-order valence-corrected chi connectivity index (χ3v) is 3.09. The molecule has 5 heteroatoms. The van der Waals surface area contributed by atoms with Gasteiger partial charge in [-0.25, -0.2) is 0 Å². The summed E-state index contributed by atoms with van der Waals surface area (Å²) in [5.74, 6) is -0.309. The molecule has 5 nitrogen and oxygen atoms in total. The van der Waals surface area contributed by atoms with Crippen LogP contribution in [0, 0.1) is 5.41 Å². The van der Waals surface area contributed by atoms with Crippen LogP contribution in [0.5, 0.6) is 0 Å². The first-order chi connectivity index (χ1) is 8.00. The van der Waals surface area contributed by atoms with Crippen molar-refractivity contribution in [2.45, 2.75) is 26.7 Å². The van der Waals surface area contributed by atoms with E-state index in [0.29, 0.717) is 13.2 Å². The number of ether oxygens (including phenoxy) is 1. The number of carbonyl (C=O) groups excluding carboxylic acids is 2. The van der Waals surface area contributed by atoms with Crippen LogP contribution < -0.4 is 5.32 Å². The smallest absolute Gasteiger partial charge is 0.237 e. The fourth-order valence-corrected chi connectivity index (χ4v) is 1.90. The van der Waals surface area contributed by atoms with Crippen molar-refractivity contribution in [3.63, 3.8) is 0 Å². The highest BCUT2D eigenvalue weighted by Crippen LogP contribution is 2.22. The van der Waals surface area contributed by atoms with Gasteiger partial charge in [0.1, 0.15) is 5.41 Å². The van der Waals surface area contributed by atoms with E-state index in [-0.39, 0.29) is 11.8 Å². The van der Waals surface area contributed by atoms with Gasteiger partial charge >= 0.3 is 0 Å². The maximum atomic E-state index is 12.2. The molecular weight excluding hydrogens is 220 g/mol. The Hall–Kier alpha value is -1.10. The molecule has 1 fully saturated rings. The summed E-state index contributed by atoms with van der Waals surface area (Å²) in [7, 11) is 1.58. The molecule has 0 atom stereocenters. The molecule has 1 aliphatic heterocycles. The van der Waals surface area contributed by atoms with Gasteiger partial charge in [0.05, 0.1) is 6.61 Å². The molecule has 0 bridgehead atoms. The highest BCUT2D eigenvalue weighted by molar-refractivity contribution is 6.04. The maximum absolute atomic E-state index is 12.2. The minimum Gasteiger partial charge on any atom is -0.383 e. The summed E-state index contributed by atoms with van der Waals surface area (Å²) < 4.78 is 4.86. The molecular formula is C12H22N2O3. The van der Waals surface area contributed by atoms with Gasteiger partial charge in [0.2, 0.25) is 11.8 Å². The SMILES string of the molecule is COCCNC(=O)C(C)(C)C(=O)N1CCCC1. The molecule has 0 saturated carbocycles. The molecule has 1 heterocycles. The Balaban J connectivity index is 2.52. The van der Waals surface area contributed by atoms with Crippen LogP contribution in [0.3, 0.4) is 0 Å². The molecule has 0 aromatic heterocycles. The van der Waals surface area contributed by atoms with Gasteiger partial charge in [-0.1, -0.05) is 0 Å². The number of nitrogens with one attached hydrogen (secondary N) is 1. The minimum absolute atomic E-state index is 0.0788. The summed E-state index contributed by atoms with van der Waals surface area (Å²) in [5.41, 5.74) is -0.988. The molecule has 1 rings (SSSR count). The Morgan fingerprint density at radius 3 is 2.41 bits per heavy atom. The number of amides is 2. The van der Waals surface area contributed by atoms with Gasteiger partial charge in [-0.3, -0.25) is 9.59 Å². The molecule has 0 unspecified atom stereocenters. The van der Waals surface area contributed by atoms with E-state index >= 15 is 0 Å². The minimum atomic E-state index is -0.988. The molecule has 1 saturated heterocycles. The number of carbonyl (C=O) groups is 2. The van der Waals surface area contributed by atoms with Gasteiger partial charge in [0.15, 0.2) is 0 Å². The van der Waals surface area contributed by atoms with Crippen molar-refractivity contribution in [2.24, 2.45) is 5.41 Å². The monoisotopic (exact) mass is 242 g/mol. The van der Waals surface area contributed by atoms with Crippen LogP contribution in [0.2, 0.25) is 0 Å². The molecule has 0 spiro atoms. The Morgan fingerprint density at radius 2 is 1.88 bits per heavy atom. The van der Waals surface area contributed by atoms with Crippen LogP contribution in [0.1, 0.15) is 26.7 Å². The van der Waals surface area contributed by atoms with Crippen molar-refractivity contribution in [2.75, 3.05) is 33.4 Å². The first-order valence-corrected chi connectivity index (χ1v) is 6.06. The van der Waals surface area contributed by atoms with Gasteiger partial charge in [-0.05, 0) is 26.7 Å². The van der Waals surface area contributed by atoms with Crippen LogP contribution in [-0.4, -0.2) is 50.1 Å². The second-order valence-electron chi connectivity index (χ2n) is 4.87. The van der Waals surface area contributed by atoms with Crippen molar-refractivity contribution in [1.82, 2.24) is 10.2 Å². The normalized spacial score (nSPS) is 16.1. The van der Waals surface area contributed by atoms with E-state index in [1.54, 1.807) is 25.9 Å². The summed E-state index contributed by atoms with van der Waals surface area (Å²) in [6, 6.07) is 0. The Morgan fingerprint density at radius 1 is 1.29 bits per heavy atom. The molecule has 1 N–H and O–H groups in total. The third kappa shape index (κ3) is 3.43. The van der Waals surface area contributed by atoms with E-state index in [9.17, 15) is 9.59 Å². The van der Waals surface area contributed by atoms with E-state index in [1.165, 1.54) is 0 Å². The molecule has 0 aromatic rings. The second-order valence-corrected chi connectivity index (χ2v) is 4.87. The molecule has 2 amide bonds. The fraction of sp³-hybridized carbons (Fsp3) is 0.833. The van der Waals surface area contributed by atoms with E-state index < -0.39 is 5.41 Å². The standard InChI is InChI=1S/C12H22N2O3/c1-12(2,10(15)13-6-9-17-3)11(16)14-7-4-5-8-14/h4-9H2,1-3H3,(H,13,15).